The molecular weight excluding hydrogens is 247 g/mol. The van der Waals surface area contributed by atoms with E-state index in [0.717, 1.165) is 30.4 Å². The van der Waals surface area contributed by atoms with Crippen LogP contribution in [0.4, 0.5) is 9.18 Å². The molecule has 1 aliphatic carbocycles. The molecule has 4 nitrogen and oxygen atoms in total. The van der Waals surface area contributed by atoms with Crippen LogP contribution in [-0.2, 0) is 6.42 Å². The van der Waals surface area contributed by atoms with Crippen LogP contribution in [0.5, 0.6) is 0 Å². The second-order valence-corrected chi connectivity index (χ2v) is 4.77. The number of hydrogen-bond acceptors (Lipinski definition) is 2. The van der Waals surface area contributed by atoms with E-state index in [4.69, 9.17) is 5.11 Å². The highest BCUT2D eigenvalue weighted by Gasteiger charge is 2.22. The SMILES string of the molecule is O=C(NCCCO)N[C@@H]1CCCc2ccc(F)cc21. The molecule has 0 bridgehead atoms. The molecule has 104 valence electrons. The quantitative estimate of drug-likeness (QED) is 0.729. The largest absolute Gasteiger partial charge is 0.396 e. The Hall–Kier alpha value is -1.62. The Morgan fingerprint density at radius 3 is 3.11 bits per heavy atom. The molecule has 5 heteroatoms. The third-order valence-electron chi connectivity index (χ3n) is 3.35. The van der Waals surface area contributed by atoms with E-state index >= 15 is 0 Å². The first-order chi connectivity index (χ1) is 9.20. The van der Waals surface area contributed by atoms with Crippen LogP contribution < -0.4 is 10.6 Å². The molecule has 0 spiro atoms. The molecule has 0 radical (unpaired) electrons. The van der Waals surface area contributed by atoms with E-state index < -0.39 is 0 Å². The van der Waals surface area contributed by atoms with Crippen molar-refractivity contribution in [3.8, 4) is 0 Å². The first-order valence-corrected chi connectivity index (χ1v) is 6.64. The highest BCUT2D eigenvalue weighted by atomic mass is 19.1. The number of urea groups is 1. The lowest BCUT2D eigenvalue weighted by atomic mass is 9.87. The van der Waals surface area contributed by atoms with E-state index in [1.165, 1.54) is 12.1 Å². The summed E-state index contributed by atoms with van der Waals surface area (Å²) in [5, 5.41) is 14.2. The maximum atomic E-state index is 13.3. The summed E-state index contributed by atoms with van der Waals surface area (Å²) in [7, 11) is 0. The average molecular weight is 266 g/mol. The van der Waals surface area contributed by atoms with Crippen molar-refractivity contribution in [2.75, 3.05) is 13.2 Å². The molecule has 1 aromatic carbocycles. The minimum Gasteiger partial charge on any atom is -0.396 e. The zero-order valence-electron chi connectivity index (χ0n) is 10.8. The summed E-state index contributed by atoms with van der Waals surface area (Å²) >= 11 is 0. The smallest absolute Gasteiger partial charge is 0.315 e. The van der Waals surface area contributed by atoms with Crippen molar-refractivity contribution < 1.29 is 14.3 Å². The molecule has 1 atom stereocenters. The van der Waals surface area contributed by atoms with Gasteiger partial charge in [0.1, 0.15) is 5.82 Å². The number of benzene rings is 1. The van der Waals surface area contributed by atoms with Gasteiger partial charge in [0.05, 0.1) is 6.04 Å². The van der Waals surface area contributed by atoms with Gasteiger partial charge in [-0.2, -0.15) is 0 Å². The predicted octanol–water partition coefficient (Wildman–Crippen LogP) is 1.88. The maximum Gasteiger partial charge on any atom is 0.315 e. The van der Waals surface area contributed by atoms with Gasteiger partial charge in [-0.3, -0.25) is 0 Å². The molecule has 0 fully saturated rings. The third kappa shape index (κ3) is 3.67. The van der Waals surface area contributed by atoms with Gasteiger partial charge in [0.25, 0.3) is 0 Å². The summed E-state index contributed by atoms with van der Waals surface area (Å²) in [5.74, 6) is -0.270. The van der Waals surface area contributed by atoms with Crippen LogP contribution in [0.1, 0.15) is 36.4 Å². The lowest BCUT2D eigenvalue weighted by Gasteiger charge is -2.26. The molecule has 2 amide bonds. The van der Waals surface area contributed by atoms with Crippen molar-refractivity contribution in [2.24, 2.45) is 0 Å². The summed E-state index contributed by atoms with van der Waals surface area (Å²) in [6.45, 7) is 0.489. The Morgan fingerprint density at radius 2 is 2.32 bits per heavy atom. The number of halogens is 1. The second kappa shape index (κ2) is 6.52. The molecule has 0 saturated carbocycles. The zero-order chi connectivity index (χ0) is 13.7. The number of aryl methyl sites for hydroxylation is 1. The number of fused-ring (bicyclic) bond motifs is 1. The van der Waals surface area contributed by atoms with Crippen LogP contribution in [0, 0.1) is 5.82 Å². The first kappa shape index (κ1) is 13.8. The lowest BCUT2D eigenvalue weighted by molar-refractivity contribution is 0.233. The fourth-order valence-corrected chi connectivity index (χ4v) is 2.41. The van der Waals surface area contributed by atoms with Gasteiger partial charge in [-0.1, -0.05) is 6.07 Å². The first-order valence-electron chi connectivity index (χ1n) is 6.64. The number of hydrogen-bond donors (Lipinski definition) is 3. The summed E-state index contributed by atoms with van der Waals surface area (Å²) in [6.07, 6.45) is 3.27. The van der Waals surface area contributed by atoms with Crippen LogP contribution in [0.2, 0.25) is 0 Å². The molecule has 2 rings (SSSR count). The molecule has 0 aromatic heterocycles. The van der Waals surface area contributed by atoms with Crippen molar-refractivity contribution >= 4 is 6.03 Å². The molecular formula is C14H19FN2O2. The second-order valence-electron chi connectivity index (χ2n) is 4.77. The summed E-state index contributed by atoms with van der Waals surface area (Å²) in [5.41, 5.74) is 1.98. The number of nitrogens with one attached hydrogen (secondary N) is 2. The van der Waals surface area contributed by atoms with Crippen LogP contribution in [0.3, 0.4) is 0 Å². The zero-order valence-corrected chi connectivity index (χ0v) is 10.8. The van der Waals surface area contributed by atoms with E-state index in [1.807, 2.05) is 0 Å². The number of carbonyl (C=O) groups excluding carboxylic acids is 1. The number of carbonyl (C=O) groups is 1. The van der Waals surface area contributed by atoms with E-state index in [0.29, 0.717) is 13.0 Å². The van der Waals surface area contributed by atoms with Crippen LogP contribution in [0.25, 0.3) is 0 Å². The van der Waals surface area contributed by atoms with Crippen LogP contribution >= 0.6 is 0 Å². The van der Waals surface area contributed by atoms with Gasteiger partial charge in [0.2, 0.25) is 0 Å². The summed E-state index contributed by atoms with van der Waals surface area (Å²) in [6, 6.07) is 4.36. The molecule has 0 aliphatic heterocycles. The molecule has 1 aromatic rings. The molecule has 19 heavy (non-hydrogen) atoms. The fourth-order valence-electron chi connectivity index (χ4n) is 2.41. The number of aliphatic hydroxyl groups is 1. The topological polar surface area (TPSA) is 61.4 Å². The Kier molecular flexibility index (Phi) is 4.74. The van der Waals surface area contributed by atoms with E-state index in [2.05, 4.69) is 10.6 Å². The minimum atomic E-state index is -0.270. The monoisotopic (exact) mass is 266 g/mol. The Bertz CT molecular complexity index is 451. The van der Waals surface area contributed by atoms with E-state index in [9.17, 15) is 9.18 Å². The molecule has 0 saturated heterocycles. The van der Waals surface area contributed by atoms with Gasteiger partial charge >= 0.3 is 6.03 Å². The molecule has 0 heterocycles. The van der Waals surface area contributed by atoms with Crippen molar-refractivity contribution in [1.82, 2.24) is 10.6 Å². The molecule has 3 N–H and O–H groups in total. The van der Waals surface area contributed by atoms with Crippen molar-refractivity contribution in [3.63, 3.8) is 0 Å². The summed E-state index contributed by atoms with van der Waals surface area (Å²) in [4.78, 5) is 11.7. The highest BCUT2D eigenvalue weighted by Crippen LogP contribution is 2.30. The van der Waals surface area contributed by atoms with Gasteiger partial charge < -0.3 is 15.7 Å². The number of rotatable bonds is 4. The van der Waals surface area contributed by atoms with Gasteiger partial charge in [-0.25, -0.2) is 9.18 Å². The standard InChI is InChI=1S/C14H19FN2O2/c15-11-6-5-10-3-1-4-13(12(10)9-11)17-14(19)16-7-2-8-18/h5-6,9,13,18H,1-4,7-8H2,(H2,16,17,19)/t13-/m1/s1. The number of amides is 2. The predicted molar refractivity (Wildman–Crippen MR) is 70.3 cm³/mol. The van der Waals surface area contributed by atoms with E-state index in [-0.39, 0.29) is 24.5 Å². The minimum absolute atomic E-state index is 0.0533. The van der Waals surface area contributed by atoms with Gasteiger partial charge in [-0.05, 0) is 48.9 Å². The Morgan fingerprint density at radius 1 is 1.47 bits per heavy atom. The molecule has 1 aliphatic rings. The van der Waals surface area contributed by atoms with Crippen molar-refractivity contribution in [3.05, 3.63) is 35.1 Å². The van der Waals surface area contributed by atoms with Crippen molar-refractivity contribution in [2.45, 2.75) is 31.7 Å². The van der Waals surface area contributed by atoms with Gasteiger partial charge in [-0.15, -0.1) is 0 Å². The maximum absolute atomic E-state index is 13.3. The Labute approximate surface area is 112 Å². The molecule has 0 unspecified atom stereocenters. The van der Waals surface area contributed by atoms with Gasteiger partial charge in [0.15, 0.2) is 0 Å². The average Bonchev–Trinajstić information content (AvgIpc) is 2.40. The number of aliphatic hydroxyl groups excluding tert-OH is 1. The Balaban J connectivity index is 1.99. The fraction of sp³-hybridized carbons (Fsp3) is 0.500. The van der Waals surface area contributed by atoms with Crippen LogP contribution in [-0.4, -0.2) is 24.3 Å². The third-order valence-corrected chi connectivity index (χ3v) is 3.35. The lowest BCUT2D eigenvalue weighted by Crippen LogP contribution is -2.39. The summed E-state index contributed by atoms with van der Waals surface area (Å²) < 4.78 is 13.3. The van der Waals surface area contributed by atoms with Crippen LogP contribution in [0.15, 0.2) is 18.2 Å². The van der Waals surface area contributed by atoms with E-state index in [1.54, 1.807) is 6.07 Å². The normalized spacial score (nSPS) is 17.7. The van der Waals surface area contributed by atoms with Gasteiger partial charge in [0, 0.05) is 13.2 Å². The van der Waals surface area contributed by atoms with Crippen molar-refractivity contribution in [1.29, 1.82) is 0 Å². The highest BCUT2D eigenvalue weighted by molar-refractivity contribution is 5.74.